The maximum Gasteiger partial charge on any atom is 0.324 e. The van der Waals surface area contributed by atoms with Gasteiger partial charge in [0.05, 0.1) is 40.7 Å². The molecule has 3 N–H and O–H groups in total. The number of likely N-dealkylation sites (tertiary alicyclic amines) is 1. The van der Waals surface area contributed by atoms with E-state index in [-0.39, 0.29) is 48.9 Å². The summed E-state index contributed by atoms with van der Waals surface area (Å²) >= 11 is 1.42. The number of hydrogen-bond acceptors (Lipinski definition) is 12. The number of hydrazine groups is 1. The fourth-order valence-electron chi connectivity index (χ4n) is 10.8. The number of thiazole rings is 1. The summed E-state index contributed by atoms with van der Waals surface area (Å²) in [7, 11) is 3.33. The van der Waals surface area contributed by atoms with Crippen molar-refractivity contribution in [2.45, 2.75) is 129 Å². The number of cyclic esters (lactones) is 1. The normalized spacial score (nSPS) is 24.9. The molecule has 1 aliphatic carbocycles. The number of ether oxygens (including phenoxy) is 2. The van der Waals surface area contributed by atoms with Gasteiger partial charge in [-0.3, -0.25) is 39.3 Å². The van der Waals surface area contributed by atoms with Gasteiger partial charge in [-0.15, -0.1) is 11.3 Å². The molecule has 7 atom stereocenters. The molecule has 4 amide bonds. The highest BCUT2D eigenvalue weighted by atomic mass is 32.1. The Labute approximate surface area is 402 Å². The van der Waals surface area contributed by atoms with Crippen LogP contribution in [-0.4, -0.2) is 130 Å². The van der Waals surface area contributed by atoms with Crippen molar-refractivity contribution in [2.24, 2.45) is 23.2 Å². The van der Waals surface area contributed by atoms with Gasteiger partial charge in [-0.05, 0) is 94.0 Å². The lowest BCUT2D eigenvalue weighted by Gasteiger charge is -2.36. The predicted octanol–water partition coefficient (Wildman–Crippen LogP) is 5.28. The predicted molar refractivity (Wildman–Crippen MR) is 259 cm³/mol. The molecular weight excluding hydrogens is 883 g/mol. The number of amides is 4. The van der Waals surface area contributed by atoms with E-state index in [0.717, 1.165) is 57.5 Å². The molecule has 6 bridgehead atoms. The number of aryl methyl sites for hydroxylation is 1. The van der Waals surface area contributed by atoms with Crippen LogP contribution in [0.25, 0.3) is 33.4 Å². The van der Waals surface area contributed by atoms with Gasteiger partial charge in [0.25, 0.3) is 5.91 Å². The number of pyridine rings is 1. The van der Waals surface area contributed by atoms with E-state index in [4.69, 9.17) is 19.4 Å². The van der Waals surface area contributed by atoms with Gasteiger partial charge >= 0.3 is 5.97 Å². The quantitative estimate of drug-likeness (QED) is 0.131. The Morgan fingerprint density at radius 3 is 2.62 bits per heavy atom. The number of carbonyl (C=O) groups is 5. The molecule has 5 aliphatic rings. The van der Waals surface area contributed by atoms with Crippen LogP contribution in [0.3, 0.4) is 0 Å². The van der Waals surface area contributed by atoms with Crippen LogP contribution in [0.2, 0.25) is 0 Å². The third kappa shape index (κ3) is 9.55. The molecule has 3 saturated heterocycles. The fourth-order valence-corrected chi connectivity index (χ4v) is 11.6. The van der Waals surface area contributed by atoms with Gasteiger partial charge in [0.15, 0.2) is 0 Å². The van der Waals surface area contributed by atoms with E-state index >= 15 is 0 Å². The Kier molecular flexibility index (Phi) is 13.6. The van der Waals surface area contributed by atoms with Crippen LogP contribution >= 0.6 is 11.3 Å². The Balaban J connectivity index is 1.02. The summed E-state index contributed by atoms with van der Waals surface area (Å²) in [5.74, 6) is -1.62. The largest absolute Gasteiger partial charge is 0.464 e. The Bertz CT molecular complexity index is 2590. The highest BCUT2D eigenvalue weighted by Gasteiger charge is 2.53. The monoisotopic (exact) mass is 949 g/mol. The van der Waals surface area contributed by atoms with Crippen LogP contribution in [-0.2, 0) is 52.8 Å². The highest BCUT2D eigenvalue weighted by Crippen LogP contribution is 2.43. The number of nitrogens with one attached hydrogen (secondary N) is 3. The number of rotatable bonds is 11. The van der Waals surface area contributed by atoms with Crippen molar-refractivity contribution in [3.63, 3.8) is 0 Å². The van der Waals surface area contributed by atoms with Crippen LogP contribution in [0.15, 0.2) is 41.9 Å². The maximum absolute atomic E-state index is 14.7. The summed E-state index contributed by atoms with van der Waals surface area (Å²) in [5.41, 5.74) is 9.31. The second-order valence-electron chi connectivity index (χ2n) is 20.7. The van der Waals surface area contributed by atoms with E-state index in [1.54, 1.807) is 25.3 Å². The van der Waals surface area contributed by atoms with E-state index in [1.165, 1.54) is 21.2 Å². The number of hydrogen-bond donors (Lipinski definition) is 3. The minimum Gasteiger partial charge on any atom is -0.464 e. The molecule has 0 radical (unpaired) electrons. The summed E-state index contributed by atoms with van der Waals surface area (Å²) in [6.07, 6.45) is 6.06. The molecule has 4 aliphatic heterocycles. The molecule has 68 heavy (non-hydrogen) atoms. The van der Waals surface area contributed by atoms with E-state index in [1.807, 2.05) is 32.2 Å². The average molecular weight is 950 g/mol. The van der Waals surface area contributed by atoms with Crippen LogP contribution in [0.5, 0.6) is 0 Å². The summed E-state index contributed by atoms with van der Waals surface area (Å²) < 4.78 is 14.3. The van der Waals surface area contributed by atoms with Gasteiger partial charge in [0.2, 0.25) is 17.7 Å². The third-order valence-corrected chi connectivity index (χ3v) is 15.6. The molecule has 16 nitrogen and oxygen atoms in total. The van der Waals surface area contributed by atoms with Crippen molar-refractivity contribution in [3.8, 4) is 22.5 Å². The Morgan fingerprint density at radius 2 is 1.88 bits per heavy atom. The molecule has 3 aromatic heterocycles. The fraction of sp³-hybridized carbons (Fsp3) is 0.588. The first kappa shape index (κ1) is 47.8. The van der Waals surface area contributed by atoms with Crippen molar-refractivity contribution in [3.05, 3.63) is 58.2 Å². The molecule has 4 fully saturated rings. The molecule has 4 aromatic rings. The highest BCUT2D eigenvalue weighted by molar-refractivity contribution is 7.10. The molecule has 0 spiro atoms. The average Bonchev–Trinajstić information content (AvgIpc) is 4.21. The van der Waals surface area contributed by atoms with Gasteiger partial charge in [-0.1, -0.05) is 33.8 Å². The molecular formula is C51H67N9O7S. The zero-order valence-corrected chi connectivity index (χ0v) is 41.5. The number of fused-ring (bicyclic) bond motifs is 6. The first-order valence-corrected chi connectivity index (χ1v) is 25.4. The molecule has 1 saturated carbocycles. The SMILES string of the molecule is CCn1c(-c2cccnc2[C@H](C)OC)c2c3cc(ccc31)-c1csc(n1)C[C@H](NC(=O)[C@H](C(C)C)N(C)C(=O)[C@H]1CCN(C(=O)[C@@H]3N[C@@H]3C3CC3)C1)C(=O)N1CCC[C@H](N1)C(=O)OCC(C)(C)C2. The van der Waals surface area contributed by atoms with Crippen molar-refractivity contribution >= 4 is 51.8 Å². The number of aromatic nitrogens is 3. The van der Waals surface area contributed by atoms with E-state index in [2.05, 4.69) is 65.7 Å². The lowest BCUT2D eigenvalue weighted by atomic mass is 9.84. The molecule has 17 heteroatoms. The van der Waals surface area contributed by atoms with Crippen molar-refractivity contribution in [1.82, 2.24) is 45.4 Å². The second-order valence-corrected chi connectivity index (χ2v) is 21.6. The number of carbonyl (C=O) groups excluding carboxylic acids is 5. The number of benzene rings is 1. The van der Waals surface area contributed by atoms with Gasteiger partial charge in [0, 0.05) is 91.8 Å². The Morgan fingerprint density at radius 1 is 1.09 bits per heavy atom. The van der Waals surface area contributed by atoms with Crippen LogP contribution in [0.4, 0.5) is 0 Å². The zero-order valence-electron chi connectivity index (χ0n) is 40.7. The van der Waals surface area contributed by atoms with Crippen LogP contribution in [0.1, 0.15) is 96.0 Å². The van der Waals surface area contributed by atoms with E-state index < -0.39 is 47.2 Å². The van der Waals surface area contributed by atoms with Gasteiger partial charge < -0.3 is 29.2 Å². The zero-order chi connectivity index (χ0) is 48.2. The van der Waals surface area contributed by atoms with Crippen molar-refractivity contribution in [1.29, 1.82) is 0 Å². The first-order chi connectivity index (χ1) is 32.6. The number of nitrogens with zero attached hydrogens (tertiary/aromatic N) is 6. The van der Waals surface area contributed by atoms with Crippen molar-refractivity contribution < 1.29 is 33.4 Å². The maximum atomic E-state index is 14.7. The summed E-state index contributed by atoms with van der Waals surface area (Å²) in [4.78, 5) is 83.8. The lowest BCUT2D eigenvalue weighted by Crippen LogP contribution is -2.62. The van der Waals surface area contributed by atoms with Crippen LogP contribution < -0.4 is 16.1 Å². The lowest BCUT2D eigenvalue weighted by molar-refractivity contribution is -0.155. The number of methoxy groups -OCH3 is 1. The smallest absolute Gasteiger partial charge is 0.324 e. The first-order valence-electron chi connectivity index (χ1n) is 24.5. The van der Waals surface area contributed by atoms with Crippen LogP contribution in [0, 0.1) is 23.2 Å². The molecule has 1 aromatic carbocycles. The Hall–Kier alpha value is -5.23. The minimum absolute atomic E-state index is 0.0564. The molecule has 0 unspecified atom stereocenters. The second kappa shape index (κ2) is 19.3. The number of likely N-dealkylation sites (N-methyl/N-ethyl adjacent to an activating group) is 1. The van der Waals surface area contributed by atoms with Crippen molar-refractivity contribution in [2.75, 3.05) is 40.4 Å². The third-order valence-electron chi connectivity index (χ3n) is 14.7. The van der Waals surface area contributed by atoms with Gasteiger partial charge in [-0.25, -0.2) is 10.4 Å². The topological polar surface area (TPSA) is 190 Å². The molecule has 364 valence electrons. The molecule has 7 heterocycles. The van der Waals surface area contributed by atoms with Gasteiger partial charge in [0.1, 0.15) is 24.2 Å². The van der Waals surface area contributed by atoms with E-state index in [0.29, 0.717) is 62.8 Å². The number of esters is 1. The summed E-state index contributed by atoms with van der Waals surface area (Å²) in [5, 5.41) is 11.5. The summed E-state index contributed by atoms with van der Waals surface area (Å²) in [6.45, 7) is 14.1. The molecule has 9 rings (SSSR count). The van der Waals surface area contributed by atoms with E-state index in [9.17, 15) is 24.0 Å². The summed E-state index contributed by atoms with van der Waals surface area (Å²) in [6, 6.07) is 7.78. The minimum atomic E-state index is -1.07. The van der Waals surface area contributed by atoms with Gasteiger partial charge in [-0.2, -0.15) is 0 Å². The standard InChI is InChI=1S/C51H67N9O7S/c1-9-59-39-17-16-31-22-34(39)35(45(59)33-12-10-19-52-41(33)29(4)66-8)24-51(5,6)27-67-50(65)36-13-11-20-60(56-36)48(63)37(23-40-53-38(31)26-68-40)54-46(61)44(28(2)3)57(7)47(62)32-18-21-58(25-32)49(64)43-42(55-43)30-14-15-30/h10,12,16-17,19,22,26,28-30,32,36-37,42-44,55-56H,9,11,13-15,18,20-21,23-25,27H2,1-8H3,(H,54,61)/t29-,32-,36-,37-,42+,43+,44-/m0/s1.